The fourth-order valence-corrected chi connectivity index (χ4v) is 2.24. The quantitative estimate of drug-likeness (QED) is 0.665. The number of rotatable bonds is 1. The van der Waals surface area contributed by atoms with E-state index in [1.54, 1.807) is 0 Å². The maximum absolute atomic E-state index is 12.1. The summed E-state index contributed by atoms with van der Waals surface area (Å²) in [5.41, 5.74) is 3.20. The normalized spacial score (nSPS) is 10.8. The summed E-state index contributed by atoms with van der Waals surface area (Å²) in [7, 11) is 0. The second kappa shape index (κ2) is 4.35. The molecule has 0 radical (unpaired) electrons. The van der Waals surface area contributed by atoms with Crippen LogP contribution in [0, 0.1) is 13.8 Å². The van der Waals surface area contributed by atoms with Crippen molar-refractivity contribution >= 4 is 10.9 Å². The third-order valence-corrected chi connectivity index (χ3v) is 3.09. The second-order valence-corrected chi connectivity index (χ2v) is 4.65. The van der Waals surface area contributed by atoms with Gasteiger partial charge in [-0.25, -0.2) is 9.78 Å². The molecule has 2 aromatic carbocycles. The minimum Gasteiger partial charge on any atom is -0.403 e. The summed E-state index contributed by atoms with van der Waals surface area (Å²) in [5, 5.41) is 0.539. The maximum Gasteiger partial charge on any atom is 0.347 e. The molecule has 0 aliphatic heterocycles. The van der Waals surface area contributed by atoms with E-state index < -0.39 is 0 Å². The highest BCUT2D eigenvalue weighted by atomic mass is 16.4. The molecule has 1 heterocycles. The molecule has 0 spiro atoms. The summed E-state index contributed by atoms with van der Waals surface area (Å²) in [5.74, 6) is 0.366. The van der Waals surface area contributed by atoms with E-state index >= 15 is 0 Å². The van der Waals surface area contributed by atoms with Gasteiger partial charge >= 0.3 is 5.63 Å². The molecule has 1 aromatic heterocycles. The molecule has 0 atom stereocenters. The van der Waals surface area contributed by atoms with Crippen LogP contribution in [0.15, 0.2) is 51.7 Å². The van der Waals surface area contributed by atoms with Gasteiger partial charge in [0.2, 0.25) is 5.89 Å². The Labute approximate surface area is 110 Å². The van der Waals surface area contributed by atoms with E-state index in [0.29, 0.717) is 16.8 Å². The zero-order valence-electron chi connectivity index (χ0n) is 10.8. The van der Waals surface area contributed by atoms with Gasteiger partial charge in [0.25, 0.3) is 0 Å². The Morgan fingerprint density at radius 3 is 2.53 bits per heavy atom. The van der Waals surface area contributed by atoms with E-state index in [2.05, 4.69) is 4.98 Å². The fraction of sp³-hybridized carbons (Fsp3) is 0.125. The number of fused-ring (bicyclic) bond motifs is 1. The lowest BCUT2D eigenvalue weighted by Gasteiger charge is -2.05. The van der Waals surface area contributed by atoms with Gasteiger partial charge in [-0.3, -0.25) is 0 Å². The molecule has 3 rings (SSSR count). The molecule has 0 bridgehead atoms. The number of benzene rings is 2. The zero-order chi connectivity index (χ0) is 13.4. The van der Waals surface area contributed by atoms with Gasteiger partial charge in [-0.15, -0.1) is 0 Å². The van der Waals surface area contributed by atoms with Crippen LogP contribution in [0.4, 0.5) is 0 Å². The predicted molar refractivity (Wildman–Crippen MR) is 75.2 cm³/mol. The molecule has 3 nitrogen and oxygen atoms in total. The highest BCUT2D eigenvalue weighted by molar-refractivity contribution is 5.82. The van der Waals surface area contributed by atoms with Crippen LogP contribution in [-0.2, 0) is 0 Å². The van der Waals surface area contributed by atoms with Gasteiger partial charge in [0, 0.05) is 5.56 Å². The van der Waals surface area contributed by atoms with Crippen molar-refractivity contribution in [3.8, 4) is 11.5 Å². The van der Waals surface area contributed by atoms with Gasteiger partial charge in [0.05, 0.1) is 10.9 Å². The van der Waals surface area contributed by atoms with Gasteiger partial charge in [0.15, 0.2) is 0 Å². The lowest BCUT2D eigenvalue weighted by molar-refractivity contribution is 0.518. The van der Waals surface area contributed by atoms with Crippen molar-refractivity contribution in [1.82, 2.24) is 4.98 Å². The zero-order valence-corrected chi connectivity index (χ0v) is 10.8. The molecule has 0 saturated heterocycles. The highest BCUT2D eigenvalue weighted by Crippen LogP contribution is 2.21. The van der Waals surface area contributed by atoms with Gasteiger partial charge < -0.3 is 4.42 Å². The lowest BCUT2D eigenvalue weighted by Crippen LogP contribution is -2.04. The molecule has 3 aromatic rings. The second-order valence-electron chi connectivity index (χ2n) is 4.65. The van der Waals surface area contributed by atoms with E-state index in [0.717, 1.165) is 16.7 Å². The Morgan fingerprint density at radius 2 is 1.79 bits per heavy atom. The van der Waals surface area contributed by atoms with E-state index in [1.165, 1.54) is 0 Å². The molecule has 0 aliphatic carbocycles. The van der Waals surface area contributed by atoms with Crippen LogP contribution in [0.25, 0.3) is 22.4 Å². The lowest BCUT2D eigenvalue weighted by atomic mass is 10.1. The first kappa shape index (κ1) is 11.7. The topological polar surface area (TPSA) is 43.1 Å². The molecular weight excluding hydrogens is 238 g/mol. The largest absolute Gasteiger partial charge is 0.403 e. The Bertz CT molecular complexity index is 804. The number of nitrogens with zero attached hydrogens (tertiary/aromatic N) is 1. The predicted octanol–water partition coefficient (Wildman–Crippen LogP) is 3.47. The van der Waals surface area contributed by atoms with Crippen LogP contribution in [0.5, 0.6) is 0 Å². The molecule has 0 N–H and O–H groups in total. The summed E-state index contributed by atoms with van der Waals surface area (Å²) in [4.78, 5) is 16.6. The van der Waals surface area contributed by atoms with Gasteiger partial charge in [-0.05, 0) is 43.2 Å². The van der Waals surface area contributed by atoms with Crippen molar-refractivity contribution in [1.29, 1.82) is 0 Å². The van der Waals surface area contributed by atoms with Gasteiger partial charge in [-0.1, -0.05) is 24.3 Å². The first-order chi connectivity index (χ1) is 9.15. The van der Waals surface area contributed by atoms with Crippen LogP contribution in [0.2, 0.25) is 0 Å². The summed E-state index contributed by atoms with van der Waals surface area (Å²) in [6, 6.07) is 13.3. The van der Waals surface area contributed by atoms with E-state index in [9.17, 15) is 4.79 Å². The summed E-state index contributed by atoms with van der Waals surface area (Å²) >= 11 is 0. The average molecular weight is 251 g/mol. The van der Waals surface area contributed by atoms with E-state index in [-0.39, 0.29) is 5.63 Å². The average Bonchev–Trinajstić information content (AvgIpc) is 2.41. The SMILES string of the molecule is Cc1cc(C)c2nc(-c3ccccc3)oc(=O)c2c1. The Balaban J connectivity index is 2.34. The number of aryl methyl sites for hydroxylation is 2. The first-order valence-electron chi connectivity index (χ1n) is 6.12. The summed E-state index contributed by atoms with van der Waals surface area (Å²) in [6.07, 6.45) is 0. The van der Waals surface area contributed by atoms with Crippen LogP contribution in [0.3, 0.4) is 0 Å². The molecule has 3 heteroatoms. The standard InChI is InChI=1S/C16H13NO2/c1-10-8-11(2)14-13(9-10)16(18)19-15(17-14)12-6-4-3-5-7-12/h3-9H,1-2H3. The number of aromatic nitrogens is 1. The molecule has 19 heavy (non-hydrogen) atoms. The van der Waals surface area contributed by atoms with Crippen LogP contribution < -0.4 is 5.63 Å². The van der Waals surface area contributed by atoms with Gasteiger partial charge in [-0.2, -0.15) is 0 Å². The van der Waals surface area contributed by atoms with Crippen molar-refractivity contribution in [3.63, 3.8) is 0 Å². The van der Waals surface area contributed by atoms with E-state index in [4.69, 9.17) is 4.42 Å². The first-order valence-corrected chi connectivity index (χ1v) is 6.12. The minimum atomic E-state index is -0.337. The smallest absolute Gasteiger partial charge is 0.347 e. The number of hydrogen-bond donors (Lipinski definition) is 0. The van der Waals surface area contributed by atoms with Crippen LogP contribution in [-0.4, -0.2) is 4.98 Å². The van der Waals surface area contributed by atoms with Crippen molar-refractivity contribution in [2.45, 2.75) is 13.8 Å². The Morgan fingerprint density at radius 1 is 1.05 bits per heavy atom. The molecule has 0 fully saturated rings. The van der Waals surface area contributed by atoms with Crippen LogP contribution in [0.1, 0.15) is 11.1 Å². The molecule has 0 amide bonds. The Kier molecular flexibility index (Phi) is 2.67. The summed E-state index contributed by atoms with van der Waals surface area (Å²) in [6.45, 7) is 3.91. The van der Waals surface area contributed by atoms with Crippen molar-refractivity contribution in [2.24, 2.45) is 0 Å². The minimum absolute atomic E-state index is 0.337. The molecule has 94 valence electrons. The molecule has 0 aliphatic rings. The van der Waals surface area contributed by atoms with E-state index in [1.807, 2.05) is 56.3 Å². The van der Waals surface area contributed by atoms with Crippen molar-refractivity contribution < 1.29 is 4.42 Å². The highest BCUT2D eigenvalue weighted by Gasteiger charge is 2.10. The van der Waals surface area contributed by atoms with Crippen LogP contribution >= 0.6 is 0 Å². The summed E-state index contributed by atoms with van der Waals surface area (Å²) < 4.78 is 5.32. The Hall–Kier alpha value is -2.42. The molecule has 0 saturated carbocycles. The monoisotopic (exact) mass is 251 g/mol. The van der Waals surface area contributed by atoms with Gasteiger partial charge in [0.1, 0.15) is 0 Å². The van der Waals surface area contributed by atoms with Crippen molar-refractivity contribution in [3.05, 3.63) is 64.0 Å². The third kappa shape index (κ3) is 2.03. The fourth-order valence-electron chi connectivity index (χ4n) is 2.24. The maximum atomic E-state index is 12.1. The van der Waals surface area contributed by atoms with Crippen molar-refractivity contribution in [2.75, 3.05) is 0 Å². The molecule has 0 unspecified atom stereocenters. The third-order valence-electron chi connectivity index (χ3n) is 3.09. The molecular formula is C16H13NO2. The number of hydrogen-bond acceptors (Lipinski definition) is 3.